The van der Waals surface area contributed by atoms with Gasteiger partial charge in [-0.3, -0.25) is 4.79 Å². The number of nitrogens with one attached hydrogen (secondary N) is 2. The topological polar surface area (TPSA) is 54.0 Å². The number of carbonyl (C=O) groups excluding carboxylic acids is 1. The Morgan fingerprint density at radius 3 is 2.86 bits per heavy atom. The van der Waals surface area contributed by atoms with Gasteiger partial charge in [0, 0.05) is 6.42 Å². The zero-order valence-electron chi connectivity index (χ0n) is 12.9. The molecular weight excluding hydrogens is 314 g/mol. The molecule has 0 saturated heterocycles. The zero-order valence-corrected chi connectivity index (χ0v) is 14.6. The second-order valence-corrected chi connectivity index (χ2v) is 6.62. The van der Waals surface area contributed by atoms with Crippen LogP contribution < -0.4 is 10.6 Å². The maximum Gasteiger partial charge on any atom is 0.226 e. The zero-order chi connectivity index (χ0) is 15.9. The smallest absolute Gasteiger partial charge is 0.226 e. The van der Waals surface area contributed by atoms with Crippen molar-refractivity contribution in [1.29, 1.82) is 0 Å². The maximum atomic E-state index is 11.5. The normalized spacial score (nSPS) is 10.6. The van der Waals surface area contributed by atoms with Gasteiger partial charge in [-0.25, -0.2) is 4.98 Å². The monoisotopic (exact) mass is 335 g/mol. The molecule has 1 heterocycles. The summed E-state index contributed by atoms with van der Waals surface area (Å²) in [6, 6.07) is 6.36. The Hall–Kier alpha value is -1.53. The van der Waals surface area contributed by atoms with Gasteiger partial charge in [0.2, 0.25) is 5.91 Å². The molecule has 6 heteroatoms. The molecule has 0 saturated carbocycles. The Balaban J connectivity index is 2.02. The number of carbonyl (C=O) groups is 1. The van der Waals surface area contributed by atoms with Crippen molar-refractivity contribution in [3.05, 3.63) is 23.8 Å². The van der Waals surface area contributed by atoms with Crippen molar-refractivity contribution in [3.63, 3.8) is 0 Å². The minimum atomic E-state index is -0.0667. The third kappa shape index (κ3) is 4.74. The van der Waals surface area contributed by atoms with Crippen LogP contribution in [0.4, 0.5) is 5.13 Å². The molecule has 1 aromatic heterocycles. The van der Waals surface area contributed by atoms with Crippen LogP contribution in [0.3, 0.4) is 0 Å². The lowest BCUT2D eigenvalue weighted by Gasteiger charge is -2.05. The van der Waals surface area contributed by atoms with Gasteiger partial charge in [-0.05, 0) is 49.2 Å². The van der Waals surface area contributed by atoms with E-state index in [1.165, 1.54) is 18.4 Å². The van der Waals surface area contributed by atoms with Gasteiger partial charge in [0.15, 0.2) is 10.2 Å². The van der Waals surface area contributed by atoms with E-state index < -0.39 is 0 Å². The lowest BCUT2D eigenvalue weighted by molar-refractivity contribution is -0.119. The number of fused-ring (bicyclic) bond motifs is 1. The quantitative estimate of drug-likeness (QED) is 0.775. The summed E-state index contributed by atoms with van der Waals surface area (Å²) < 4.78 is 1.14. The Labute approximate surface area is 140 Å². The van der Waals surface area contributed by atoms with Gasteiger partial charge in [0.05, 0.1) is 10.2 Å². The van der Waals surface area contributed by atoms with Gasteiger partial charge in [-0.15, -0.1) is 0 Å². The molecule has 0 radical (unpaired) electrons. The molecule has 2 N–H and O–H groups in total. The molecule has 1 aromatic carbocycles. The number of aromatic nitrogens is 1. The fourth-order valence-corrected chi connectivity index (χ4v) is 3.31. The molecule has 0 bridgehead atoms. The first kappa shape index (κ1) is 16.8. The molecule has 0 aliphatic heterocycles. The average Bonchev–Trinajstić information content (AvgIpc) is 2.86. The largest absolute Gasteiger partial charge is 0.308 e. The highest BCUT2D eigenvalue weighted by molar-refractivity contribution is 7.80. The second-order valence-electron chi connectivity index (χ2n) is 5.18. The van der Waals surface area contributed by atoms with Crippen LogP contribution in [0, 0.1) is 0 Å². The number of hydrogen-bond donors (Lipinski definition) is 2. The number of thiazole rings is 1. The van der Waals surface area contributed by atoms with E-state index in [0.29, 0.717) is 16.7 Å². The number of thiocarbonyl (C=S) groups is 1. The fraction of sp³-hybridized carbons (Fsp3) is 0.438. The molecule has 2 rings (SSSR count). The molecular formula is C16H21N3OS2. The van der Waals surface area contributed by atoms with Crippen molar-refractivity contribution in [3.8, 4) is 0 Å². The number of amides is 1. The SMILES string of the molecule is CCCCc1ccc2nc(NC(=S)NC(=O)CCC)sc2c1. The maximum absolute atomic E-state index is 11.5. The van der Waals surface area contributed by atoms with Gasteiger partial charge < -0.3 is 10.6 Å². The molecule has 0 atom stereocenters. The fourth-order valence-electron chi connectivity index (χ4n) is 2.10. The number of hydrogen-bond acceptors (Lipinski definition) is 4. The van der Waals surface area contributed by atoms with E-state index in [9.17, 15) is 4.79 Å². The molecule has 0 fully saturated rings. The lowest BCUT2D eigenvalue weighted by Crippen LogP contribution is -2.33. The Kier molecular flexibility index (Phi) is 6.27. The van der Waals surface area contributed by atoms with Crippen molar-refractivity contribution in [2.45, 2.75) is 46.0 Å². The summed E-state index contributed by atoms with van der Waals surface area (Å²) >= 11 is 6.69. The summed E-state index contributed by atoms with van der Waals surface area (Å²) in [5, 5.41) is 6.67. The number of nitrogens with zero attached hydrogens (tertiary/aromatic N) is 1. The van der Waals surface area contributed by atoms with E-state index >= 15 is 0 Å². The Morgan fingerprint density at radius 1 is 1.32 bits per heavy atom. The minimum absolute atomic E-state index is 0.0667. The van der Waals surface area contributed by atoms with Crippen molar-refractivity contribution in [2.75, 3.05) is 5.32 Å². The van der Waals surface area contributed by atoms with Crippen LogP contribution in [-0.4, -0.2) is 16.0 Å². The summed E-state index contributed by atoms with van der Waals surface area (Å²) in [5.74, 6) is -0.0667. The van der Waals surface area contributed by atoms with E-state index in [1.807, 2.05) is 13.0 Å². The average molecular weight is 335 g/mol. The standard InChI is InChI=1S/C16H21N3OS2/c1-3-5-7-11-8-9-12-13(10-11)22-16(17-12)19-15(21)18-14(20)6-4-2/h8-10H,3-7H2,1-2H3,(H2,17,18,19,20,21). The summed E-state index contributed by atoms with van der Waals surface area (Å²) in [7, 11) is 0. The first-order valence-corrected chi connectivity index (χ1v) is 8.85. The van der Waals surface area contributed by atoms with Crippen LogP contribution in [0.25, 0.3) is 10.2 Å². The summed E-state index contributed by atoms with van der Waals surface area (Å²) in [4.78, 5) is 16.0. The number of anilines is 1. The third-order valence-corrected chi connectivity index (χ3v) is 4.36. The van der Waals surface area contributed by atoms with Crippen molar-refractivity contribution < 1.29 is 4.79 Å². The van der Waals surface area contributed by atoms with E-state index in [-0.39, 0.29) is 5.91 Å². The van der Waals surface area contributed by atoms with Crippen LogP contribution in [0.15, 0.2) is 18.2 Å². The van der Waals surface area contributed by atoms with Crippen LogP contribution in [-0.2, 0) is 11.2 Å². The van der Waals surface area contributed by atoms with Gasteiger partial charge in [0.1, 0.15) is 0 Å². The summed E-state index contributed by atoms with van der Waals surface area (Å²) in [6.07, 6.45) is 4.76. The van der Waals surface area contributed by atoms with Crippen LogP contribution >= 0.6 is 23.6 Å². The molecule has 0 unspecified atom stereocenters. The first-order chi connectivity index (χ1) is 10.6. The first-order valence-electron chi connectivity index (χ1n) is 7.62. The highest BCUT2D eigenvalue weighted by Gasteiger charge is 2.08. The molecule has 2 aromatic rings. The Morgan fingerprint density at radius 2 is 2.14 bits per heavy atom. The molecule has 0 spiro atoms. The molecule has 118 valence electrons. The van der Waals surface area contributed by atoms with Gasteiger partial charge >= 0.3 is 0 Å². The molecule has 1 amide bonds. The van der Waals surface area contributed by atoms with E-state index in [0.717, 1.165) is 23.1 Å². The molecule has 0 aliphatic rings. The van der Waals surface area contributed by atoms with Gasteiger partial charge in [-0.1, -0.05) is 37.7 Å². The predicted molar refractivity (Wildman–Crippen MR) is 97.5 cm³/mol. The van der Waals surface area contributed by atoms with E-state index in [2.05, 4.69) is 34.7 Å². The number of benzene rings is 1. The third-order valence-electron chi connectivity index (χ3n) is 3.22. The second kappa shape index (κ2) is 8.19. The number of rotatable bonds is 6. The van der Waals surface area contributed by atoms with Crippen molar-refractivity contribution in [2.24, 2.45) is 0 Å². The highest BCUT2D eigenvalue weighted by atomic mass is 32.1. The van der Waals surface area contributed by atoms with Crippen molar-refractivity contribution in [1.82, 2.24) is 10.3 Å². The molecule has 0 aliphatic carbocycles. The summed E-state index contributed by atoms with van der Waals surface area (Å²) in [5.41, 5.74) is 2.29. The van der Waals surface area contributed by atoms with Crippen LogP contribution in [0.1, 0.15) is 45.1 Å². The molecule has 22 heavy (non-hydrogen) atoms. The van der Waals surface area contributed by atoms with Crippen LogP contribution in [0.2, 0.25) is 0 Å². The van der Waals surface area contributed by atoms with E-state index in [1.54, 1.807) is 11.3 Å². The predicted octanol–water partition coefficient (Wildman–Crippen LogP) is 4.25. The minimum Gasteiger partial charge on any atom is -0.308 e. The van der Waals surface area contributed by atoms with Crippen LogP contribution in [0.5, 0.6) is 0 Å². The van der Waals surface area contributed by atoms with Crippen molar-refractivity contribution >= 4 is 49.9 Å². The summed E-state index contributed by atoms with van der Waals surface area (Å²) in [6.45, 7) is 4.15. The number of unbranched alkanes of at least 4 members (excludes halogenated alkanes) is 1. The lowest BCUT2D eigenvalue weighted by atomic mass is 10.1. The Bertz CT molecular complexity index is 666. The van der Waals surface area contributed by atoms with Gasteiger partial charge in [-0.2, -0.15) is 0 Å². The van der Waals surface area contributed by atoms with E-state index in [4.69, 9.17) is 12.2 Å². The van der Waals surface area contributed by atoms with Gasteiger partial charge in [0.25, 0.3) is 0 Å². The number of aryl methyl sites for hydroxylation is 1. The highest BCUT2D eigenvalue weighted by Crippen LogP contribution is 2.27. The molecule has 4 nitrogen and oxygen atoms in total.